The highest BCUT2D eigenvalue weighted by atomic mass is 32.2. The average molecular weight is 396 g/mol. The Kier molecular flexibility index (Phi) is 6.69. The molecule has 0 radical (unpaired) electrons. The van der Waals surface area contributed by atoms with Gasteiger partial charge in [0.05, 0.1) is 5.75 Å². The van der Waals surface area contributed by atoms with Crippen LogP contribution in [-0.2, 0) is 11.3 Å². The third kappa shape index (κ3) is 5.88. The standard InChI is InChI=1S/C20H17FN4O2S/c21-16-8-6-14(7-9-16)12-22-18(26)13-28-19-11-10-17(24-25-19)23-20(27)15-4-2-1-3-5-15/h1-11H,12-13H2,(H,22,26)(H,23,24,27). The van der Waals surface area contributed by atoms with Crippen molar-refractivity contribution in [1.82, 2.24) is 15.5 Å². The van der Waals surface area contributed by atoms with Crippen LogP contribution in [0.4, 0.5) is 10.2 Å². The first kappa shape index (κ1) is 19.5. The molecule has 3 aromatic rings. The average Bonchev–Trinajstić information content (AvgIpc) is 2.73. The van der Waals surface area contributed by atoms with Crippen LogP contribution >= 0.6 is 11.8 Å². The van der Waals surface area contributed by atoms with E-state index >= 15 is 0 Å². The summed E-state index contributed by atoms with van der Waals surface area (Å²) in [4.78, 5) is 24.0. The van der Waals surface area contributed by atoms with Crippen LogP contribution in [0.15, 0.2) is 71.8 Å². The fraction of sp³-hybridized carbons (Fsp3) is 0.100. The highest BCUT2D eigenvalue weighted by molar-refractivity contribution is 7.99. The third-order valence-electron chi connectivity index (χ3n) is 3.67. The second kappa shape index (κ2) is 9.61. The van der Waals surface area contributed by atoms with Crippen LogP contribution in [0.25, 0.3) is 0 Å². The Balaban J connectivity index is 1.44. The van der Waals surface area contributed by atoms with Crippen LogP contribution in [0.1, 0.15) is 15.9 Å². The Morgan fingerprint density at radius 2 is 1.68 bits per heavy atom. The summed E-state index contributed by atoms with van der Waals surface area (Å²) in [5, 5.41) is 13.9. The summed E-state index contributed by atoms with van der Waals surface area (Å²) < 4.78 is 12.9. The van der Waals surface area contributed by atoms with E-state index in [0.717, 1.165) is 5.56 Å². The molecule has 3 rings (SSSR count). The maximum Gasteiger partial charge on any atom is 0.256 e. The fourth-order valence-corrected chi connectivity index (χ4v) is 2.88. The summed E-state index contributed by atoms with van der Waals surface area (Å²) in [5.74, 6) is -0.245. The van der Waals surface area contributed by atoms with E-state index in [2.05, 4.69) is 20.8 Å². The molecule has 2 N–H and O–H groups in total. The summed E-state index contributed by atoms with van der Waals surface area (Å²) in [6, 6.07) is 18.1. The second-order valence-electron chi connectivity index (χ2n) is 5.77. The molecule has 142 valence electrons. The largest absolute Gasteiger partial charge is 0.351 e. The molecule has 0 unspecified atom stereocenters. The van der Waals surface area contributed by atoms with Crippen LogP contribution in [0.2, 0.25) is 0 Å². The number of carbonyl (C=O) groups is 2. The summed E-state index contributed by atoms with van der Waals surface area (Å²) in [5.41, 5.74) is 1.35. The Hall–Kier alpha value is -3.26. The number of nitrogens with one attached hydrogen (secondary N) is 2. The number of nitrogens with zero attached hydrogens (tertiary/aromatic N) is 2. The number of halogens is 1. The van der Waals surface area contributed by atoms with Gasteiger partial charge in [-0.2, -0.15) is 0 Å². The number of aromatic nitrogens is 2. The molecule has 1 heterocycles. The van der Waals surface area contributed by atoms with Crippen molar-refractivity contribution in [2.24, 2.45) is 0 Å². The zero-order valence-electron chi connectivity index (χ0n) is 14.8. The van der Waals surface area contributed by atoms with Crippen LogP contribution in [0.5, 0.6) is 0 Å². The number of carbonyl (C=O) groups excluding carboxylic acids is 2. The van der Waals surface area contributed by atoms with E-state index in [4.69, 9.17) is 0 Å². The van der Waals surface area contributed by atoms with Gasteiger partial charge in [-0.3, -0.25) is 9.59 Å². The monoisotopic (exact) mass is 396 g/mol. The lowest BCUT2D eigenvalue weighted by atomic mass is 10.2. The van der Waals surface area contributed by atoms with Gasteiger partial charge in [0.2, 0.25) is 5.91 Å². The minimum Gasteiger partial charge on any atom is -0.351 e. The minimum atomic E-state index is -0.312. The molecule has 2 amide bonds. The van der Waals surface area contributed by atoms with Crippen molar-refractivity contribution < 1.29 is 14.0 Å². The first-order chi connectivity index (χ1) is 13.6. The third-order valence-corrected chi connectivity index (χ3v) is 4.59. The molecule has 0 aliphatic carbocycles. The zero-order chi connectivity index (χ0) is 19.8. The molecule has 0 atom stereocenters. The summed E-state index contributed by atoms with van der Waals surface area (Å²) >= 11 is 1.23. The van der Waals surface area contributed by atoms with Crippen molar-refractivity contribution >= 4 is 29.4 Å². The lowest BCUT2D eigenvalue weighted by Gasteiger charge is -2.06. The zero-order valence-corrected chi connectivity index (χ0v) is 15.6. The van der Waals surface area contributed by atoms with E-state index in [1.165, 1.54) is 23.9 Å². The van der Waals surface area contributed by atoms with Crippen molar-refractivity contribution in [2.75, 3.05) is 11.1 Å². The van der Waals surface area contributed by atoms with E-state index in [0.29, 0.717) is 23.0 Å². The van der Waals surface area contributed by atoms with Crippen molar-refractivity contribution in [3.63, 3.8) is 0 Å². The summed E-state index contributed by atoms with van der Waals surface area (Å²) in [6.45, 7) is 0.329. The van der Waals surface area contributed by atoms with Crippen molar-refractivity contribution in [3.8, 4) is 0 Å². The number of amides is 2. The maximum atomic E-state index is 12.9. The summed E-state index contributed by atoms with van der Waals surface area (Å²) in [6.07, 6.45) is 0. The van der Waals surface area contributed by atoms with Gasteiger partial charge in [0, 0.05) is 12.1 Å². The lowest BCUT2D eigenvalue weighted by Crippen LogP contribution is -2.24. The molecule has 8 heteroatoms. The van der Waals surface area contributed by atoms with E-state index < -0.39 is 0 Å². The number of rotatable bonds is 7. The van der Waals surface area contributed by atoms with Gasteiger partial charge < -0.3 is 10.6 Å². The van der Waals surface area contributed by atoms with Crippen molar-refractivity contribution in [2.45, 2.75) is 11.6 Å². The highest BCUT2D eigenvalue weighted by Crippen LogP contribution is 2.15. The van der Waals surface area contributed by atoms with E-state index in [-0.39, 0.29) is 23.4 Å². The molecule has 0 fully saturated rings. The van der Waals surface area contributed by atoms with Gasteiger partial charge in [-0.15, -0.1) is 10.2 Å². The molecule has 6 nitrogen and oxygen atoms in total. The van der Waals surface area contributed by atoms with Gasteiger partial charge in [-0.05, 0) is 42.0 Å². The molecular weight excluding hydrogens is 379 g/mol. The molecule has 0 bridgehead atoms. The highest BCUT2D eigenvalue weighted by Gasteiger charge is 2.08. The second-order valence-corrected chi connectivity index (χ2v) is 6.76. The van der Waals surface area contributed by atoms with Gasteiger partial charge in [0.25, 0.3) is 5.91 Å². The predicted octanol–water partition coefficient (Wildman–Crippen LogP) is 3.28. The molecule has 0 aliphatic rings. The van der Waals surface area contributed by atoms with E-state index in [9.17, 15) is 14.0 Å². The van der Waals surface area contributed by atoms with Crippen molar-refractivity contribution in [3.05, 3.63) is 83.7 Å². The van der Waals surface area contributed by atoms with E-state index in [1.807, 2.05) is 6.07 Å². The molecule has 2 aromatic carbocycles. The quantitative estimate of drug-likeness (QED) is 0.599. The molecule has 28 heavy (non-hydrogen) atoms. The number of benzene rings is 2. The van der Waals surface area contributed by atoms with Gasteiger partial charge in [-0.1, -0.05) is 42.1 Å². The predicted molar refractivity (Wildman–Crippen MR) is 105 cm³/mol. The fourth-order valence-electron chi connectivity index (χ4n) is 2.24. The molecule has 0 spiro atoms. The molecule has 0 aliphatic heterocycles. The normalized spacial score (nSPS) is 10.3. The topological polar surface area (TPSA) is 84.0 Å². The Morgan fingerprint density at radius 1 is 0.929 bits per heavy atom. The molecule has 0 saturated heterocycles. The minimum absolute atomic E-state index is 0.169. The van der Waals surface area contributed by atoms with Crippen LogP contribution in [-0.4, -0.2) is 27.8 Å². The number of hydrogen-bond acceptors (Lipinski definition) is 5. The van der Waals surface area contributed by atoms with Crippen LogP contribution in [0.3, 0.4) is 0 Å². The van der Waals surface area contributed by atoms with E-state index in [1.54, 1.807) is 48.5 Å². The number of hydrogen-bond donors (Lipinski definition) is 2. The molecular formula is C20H17FN4O2S. The SMILES string of the molecule is O=C(CSc1ccc(NC(=O)c2ccccc2)nn1)NCc1ccc(F)cc1. The summed E-state index contributed by atoms with van der Waals surface area (Å²) in [7, 11) is 0. The first-order valence-corrected chi connectivity index (χ1v) is 9.43. The van der Waals surface area contributed by atoms with Gasteiger partial charge >= 0.3 is 0 Å². The Bertz CT molecular complexity index is 935. The van der Waals surface area contributed by atoms with Crippen molar-refractivity contribution in [1.29, 1.82) is 0 Å². The smallest absolute Gasteiger partial charge is 0.256 e. The van der Waals surface area contributed by atoms with Gasteiger partial charge in [-0.25, -0.2) is 4.39 Å². The maximum absolute atomic E-state index is 12.9. The Morgan fingerprint density at radius 3 is 2.36 bits per heavy atom. The molecule has 1 aromatic heterocycles. The lowest BCUT2D eigenvalue weighted by molar-refractivity contribution is -0.118. The Labute approximate surface area is 165 Å². The number of thioether (sulfide) groups is 1. The molecule has 0 saturated carbocycles. The first-order valence-electron chi connectivity index (χ1n) is 8.44. The number of anilines is 1. The van der Waals surface area contributed by atoms with Gasteiger partial charge in [0.1, 0.15) is 10.8 Å². The van der Waals surface area contributed by atoms with Crippen LogP contribution < -0.4 is 10.6 Å². The van der Waals surface area contributed by atoms with Gasteiger partial charge in [0.15, 0.2) is 5.82 Å². The van der Waals surface area contributed by atoms with Crippen LogP contribution in [0, 0.1) is 5.82 Å².